The van der Waals surface area contributed by atoms with Gasteiger partial charge in [0.15, 0.2) is 12.4 Å². The number of amides is 1. The van der Waals surface area contributed by atoms with Gasteiger partial charge in [0, 0.05) is 18.7 Å². The normalized spacial score (nSPS) is 10.9. The largest absolute Gasteiger partial charge is 0.484 e. The van der Waals surface area contributed by atoms with Crippen molar-refractivity contribution < 1.29 is 14.3 Å². The van der Waals surface area contributed by atoms with Crippen molar-refractivity contribution in [3.8, 4) is 5.75 Å². The molecule has 22 heavy (non-hydrogen) atoms. The topological polar surface area (TPSA) is 46.6 Å². The molecule has 0 aliphatic heterocycles. The number of rotatable bonds is 8. The number of carbonyl (C=O) groups is 2. The van der Waals surface area contributed by atoms with Crippen LogP contribution in [0.1, 0.15) is 45.0 Å². The number of ether oxygens (including phenoxy) is 1. The molecule has 0 spiro atoms. The Balaban J connectivity index is 2.65. The van der Waals surface area contributed by atoms with E-state index in [1.54, 1.807) is 24.3 Å². The number of Topliss-reactive ketones (excluding diaryl/α,β-unsaturated/α-hetero) is 1. The first-order valence-electron chi connectivity index (χ1n) is 7.81. The van der Waals surface area contributed by atoms with E-state index in [9.17, 15) is 9.59 Å². The van der Waals surface area contributed by atoms with E-state index in [0.717, 1.165) is 13.1 Å². The lowest BCUT2D eigenvalue weighted by Crippen LogP contribution is -2.39. The predicted octanol–water partition coefficient (Wildman–Crippen LogP) is 3.41. The minimum absolute atomic E-state index is 0.000792. The second kappa shape index (κ2) is 8.57. The van der Waals surface area contributed by atoms with Crippen LogP contribution in [-0.2, 0) is 4.79 Å². The van der Waals surface area contributed by atoms with E-state index in [0.29, 0.717) is 23.1 Å². The van der Waals surface area contributed by atoms with Gasteiger partial charge in [-0.2, -0.15) is 0 Å². The van der Waals surface area contributed by atoms with Crippen LogP contribution in [0.15, 0.2) is 24.3 Å². The molecular weight excluding hydrogens is 278 g/mol. The van der Waals surface area contributed by atoms with Gasteiger partial charge in [0.2, 0.25) is 0 Å². The predicted molar refractivity (Wildman–Crippen MR) is 88.2 cm³/mol. The van der Waals surface area contributed by atoms with Crippen LogP contribution in [0.2, 0.25) is 0 Å². The van der Waals surface area contributed by atoms with Crippen molar-refractivity contribution in [3.63, 3.8) is 0 Å². The molecule has 1 rings (SSSR count). The Hall–Kier alpha value is -1.84. The van der Waals surface area contributed by atoms with Gasteiger partial charge in [-0.25, -0.2) is 0 Å². The third-order valence-corrected chi connectivity index (χ3v) is 3.13. The molecule has 0 bridgehead atoms. The molecule has 0 aliphatic carbocycles. The van der Waals surface area contributed by atoms with E-state index < -0.39 is 0 Å². The van der Waals surface area contributed by atoms with Gasteiger partial charge >= 0.3 is 0 Å². The Morgan fingerprint density at radius 2 is 1.68 bits per heavy atom. The van der Waals surface area contributed by atoms with Crippen molar-refractivity contribution in [1.82, 2.24) is 4.90 Å². The fourth-order valence-corrected chi connectivity index (χ4v) is 2.20. The first-order chi connectivity index (χ1) is 10.3. The number of carbonyl (C=O) groups excluding carboxylic acids is 2. The van der Waals surface area contributed by atoms with E-state index >= 15 is 0 Å². The summed E-state index contributed by atoms with van der Waals surface area (Å²) in [4.78, 5) is 25.5. The molecule has 0 heterocycles. The van der Waals surface area contributed by atoms with Crippen molar-refractivity contribution in [2.24, 2.45) is 11.8 Å². The highest BCUT2D eigenvalue weighted by molar-refractivity contribution is 5.94. The molecule has 1 aromatic rings. The van der Waals surface area contributed by atoms with Crippen LogP contribution in [0.5, 0.6) is 5.75 Å². The fraction of sp³-hybridized carbons (Fsp3) is 0.556. The first kappa shape index (κ1) is 18.2. The Morgan fingerprint density at radius 1 is 1.09 bits per heavy atom. The van der Waals surface area contributed by atoms with Crippen molar-refractivity contribution in [3.05, 3.63) is 29.8 Å². The van der Waals surface area contributed by atoms with Crippen LogP contribution in [0.3, 0.4) is 0 Å². The maximum absolute atomic E-state index is 12.3. The summed E-state index contributed by atoms with van der Waals surface area (Å²) >= 11 is 0. The average Bonchev–Trinajstić information content (AvgIpc) is 2.43. The molecule has 1 aromatic carbocycles. The minimum atomic E-state index is -0.0179. The van der Waals surface area contributed by atoms with Crippen LogP contribution in [0.4, 0.5) is 0 Å². The molecule has 122 valence electrons. The summed E-state index contributed by atoms with van der Waals surface area (Å²) in [6.07, 6.45) is 0. The Bertz CT molecular complexity index is 499. The lowest BCUT2D eigenvalue weighted by atomic mass is 10.1. The number of nitrogens with zero attached hydrogens (tertiary/aromatic N) is 1. The zero-order valence-electron chi connectivity index (χ0n) is 14.3. The third-order valence-electron chi connectivity index (χ3n) is 3.13. The summed E-state index contributed by atoms with van der Waals surface area (Å²) in [6, 6.07) is 6.93. The summed E-state index contributed by atoms with van der Waals surface area (Å²) in [6.45, 7) is 11.4. The van der Waals surface area contributed by atoms with Crippen molar-refractivity contribution in [2.75, 3.05) is 19.7 Å². The highest BCUT2D eigenvalue weighted by atomic mass is 16.5. The lowest BCUT2D eigenvalue weighted by molar-refractivity contribution is -0.134. The van der Waals surface area contributed by atoms with E-state index in [1.165, 1.54) is 6.92 Å². The van der Waals surface area contributed by atoms with Crippen LogP contribution in [-0.4, -0.2) is 36.3 Å². The molecule has 0 aromatic heterocycles. The molecule has 4 heteroatoms. The lowest BCUT2D eigenvalue weighted by Gasteiger charge is -2.26. The zero-order chi connectivity index (χ0) is 16.7. The van der Waals surface area contributed by atoms with Crippen molar-refractivity contribution >= 4 is 11.7 Å². The second-order valence-corrected chi connectivity index (χ2v) is 6.46. The standard InChI is InChI=1S/C18H27NO3/c1-13(2)10-19(11-14(3)4)18(21)12-22-17-8-6-7-16(9-17)15(5)20/h6-9,13-14H,10-12H2,1-5H3. The monoisotopic (exact) mass is 305 g/mol. The Kier molecular flexibility index (Phi) is 7.09. The van der Waals surface area contributed by atoms with E-state index in [2.05, 4.69) is 27.7 Å². The first-order valence-corrected chi connectivity index (χ1v) is 7.81. The Labute approximate surface area is 133 Å². The second-order valence-electron chi connectivity index (χ2n) is 6.46. The van der Waals surface area contributed by atoms with Gasteiger partial charge in [0.1, 0.15) is 5.75 Å². The van der Waals surface area contributed by atoms with Crippen LogP contribution < -0.4 is 4.74 Å². The maximum Gasteiger partial charge on any atom is 0.260 e. The van der Waals surface area contributed by atoms with Crippen molar-refractivity contribution in [1.29, 1.82) is 0 Å². The SMILES string of the molecule is CC(=O)c1cccc(OCC(=O)N(CC(C)C)CC(C)C)c1. The summed E-state index contributed by atoms with van der Waals surface area (Å²) in [5, 5.41) is 0. The summed E-state index contributed by atoms with van der Waals surface area (Å²) in [7, 11) is 0. The maximum atomic E-state index is 12.3. The number of benzene rings is 1. The van der Waals surface area contributed by atoms with Crippen molar-refractivity contribution in [2.45, 2.75) is 34.6 Å². The number of hydrogen-bond acceptors (Lipinski definition) is 3. The van der Waals surface area contributed by atoms with Crippen LogP contribution >= 0.6 is 0 Å². The van der Waals surface area contributed by atoms with Gasteiger partial charge in [0.05, 0.1) is 0 Å². The molecule has 0 saturated carbocycles. The molecule has 0 fully saturated rings. The smallest absolute Gasteiger partial charge is 0.260 e. The molecule has 0 N–H and O–H groups in total. The molecule has 4 nitrogen and oxygen atoms in total. The zero-order valence-corrected chi connectivity index (χ0v) is 14.3. The van der Waals surface area contributed by atoms with Gasteiger partial charge in [0.25, 0.3) is 5.91 Å². The quantitative estimate of drug-likeness (QED) is 0.691. The van der Waals surface area contributed by atoms with E-state index in [-0.39, 0.29) is 18.3 Å². The number of ketones is 1. The van der Waals surface area contributed by atoms with Gasteiger partial charge in [-0.1, -0.05) is 39.8 Å². The van der Waals surface area contributed by atoms with Gasteiger partial charge in [-0.15, -0.1) is 0 Å². The van der Waals surface area contributed by atoms with Gasteiger partial charge in [-0.3, -0.25) is 9.59 Å². The molecule has 0 saturated heterocycles. The molecule has 0 atom stereocenters. The fourth-order valence-electron chi connectivity index (χ4n) is 2.20. The minimum Gasteiger partial charge on any atom is -0.484 e. The summed E-state index contributed by atoms with van der Waals surface area (Å²) in [5.41, 5.74) is 0.589. The van der Waals surface area contributed by atoms with Crippen LogP contribution in [0, 0.1) is 11.8 Å². The molecule has 0 unspecified atom stereocenters. The summed E-state index contributed by atoms with van der Waals surface area (Å²) in [5.74, 6) is 1.36. The van der Waals surface area contributed by atoms with E-state index in [4.69, 9.17) is 4.74 Å². The van der Waals surface area contributed by atoms with Crippen LogP contribution in [0.25, 0.3) is 0 Å². The molecular formula is C18H27NO3. The highest BCUT2D eigenvalue weighted by Crippen LogP contribution is 2.14. The van der Waals surface area contributed by atoms with Gasteiger partial charge in [-0.05, 0) is 30.9 Å². The Morgan fingerprint density at radius 3 is 2.18 bits per heavy atom. The average molecular weight is 305 g/mol. The van der Waals surface area contributed by atoms with E-state index in [1.807, 2.05) is 4.90 Å². The number of hydrogen-bond donors (Lipinski definition) is 0. The molecule has 1 amide bonds. The van der Waals surface area contributed by atoms with Gasteiger partial charge < -0.3 is 9.64 Å². The molecule has 0 radical (unpaired) electrons. The third kappa shape index (κ3) is 6.29. The summed E-state index contributed by atoms with van der Waals surface area (Å²) < 4.78 is 5.56. The highest BCUT2D eigenvalue weighted by Gasteiger charge is 2.17. The molecule has 0 aliphatic rings.